The van der Waals surface area contributed by atoms with E-state index in [-0.39, 0.29) is 5.82 Å². The first-order valence-electron chi connectivity index (χ1n) is 9.15. The minimum atomic E-state index is -0.251. The van der Waals surface area contributed by atoms with Gasteiger partial charge in [-0.1, -0.05) is 6.07 Å². The third-order valence-electron chi connectivity index (χ3n) is 5.21. The second kappa shape index (κ2) is 7.38. The monoisotopic (exact) mass is 376 g/mol. The van der Waals surface area contributed by atoms with Crippen LogP contribution in [-0.2, 0) is 12.8 Å². The molecule has 4 rings (SSSR count). The fourth-order valence-electron chi connectivity index (χ4n) is 3.54. The number of methoxy groups -OCH3 is 1. The van der Waals surface area contributed by atoms with Crippen LogP contribution in [0.25, 0.3) is 16.8 Å². The summed E-state index contributed by atoms with van der Waals surface area (Å²) in [5.74, 6) is 0.318. The van der Waals surface area contributed by atoms with E-state index >= 15 is 0 Å². The molecule has 0 atom stereocenters. The number of aromatic nitrogens is 4. The van der Waals surface area contributed by atoms with Gasteiger partial charge in [0.05, 0.1) is 7.11 Å². The average molecular weight is 376 g/mol. The highest BCUT2D eigenvalue weighted by molar-refractivity contribution is 5.79. The molecule has 0 aliphatic rings. The van der Waals surface area contributed by atoms with Gasteiger partial charge < -0.3 is 4.74 Å². The van der Waals surface area contributed by atoms with Gasteiger partial charge in [-0.25, -0.2) is 4.39 Å². The molecule has 3 heterocycles. The van der Waals surface area contributed by atoms with Crippen LogP contribution in [0.3, 0.4) is 0 Å². The molecule has 0 bridgehead atoms. The van der Waals surface area contributed by atoms with E-state index in [2.05, 4.69) is 28.2 Å². The summed E-state index contributed by atoms with van der Waals surface area (Å²) in [6, 6.07) is 11.0. The molecule has 0 fully saturated rings. The zero-order valence-corrected chi connectivity index (χ0v) is 16.1. The number of pyridine rings is 2. The molecule has 3 aromatic heterocycles. The molecule has 142 valence electrons. The summed E-state index contributed by atoms with van der Waals surface area (Å²) in [6.45, 7) is 4.05. The van der Waals surface area contributed by atoms with Crippen LogP contribution in [-0.4, -0.2) is 26.7 Å². The van der Waals surface area contributed by atoms with Crippen molar-refractivity contribution in [1.82, 2.24) is 19.6 Å². The maximum Gasteiger partial charge on any atom is 0.168 e. The first-order chi connectivity index (χ1) is 13.6. The van der Waals surface area contributed by atoms with Gasteiger partial charge in [0.2, 0.25) is 0 Å². The zero-order chi connectivity index (χ0) is 19.7. The Morgan fingerprint density at radius 3 is 2.71 bits per heavy atom. The highest BCUT2D eigenvalue weighted by atomic mass is 19.1. The van der Waals surface area contributed by atoms with Gasteiger partial charge in [-0.15, -0.1) is 10.2 Å². The van der Waals surface area contributed by atoms with Crippen molar-refractivity contribution in [2.24, 2.45) is 0 Å². The number of hydrogen-bond donors (Lipinski definition) is 0. The first kappa shape index (κ1) is 18.1. The van der Waals surface area contributed by atoms with Crippen LogP contribution < -0.4 is 4.74 Å². The Labute approximate surface area is 162 Å². The maximum absolute atomic E-state index is 14.2. The van der Waals surface area contributed by atoms with Crippen LogP contribution in [0.1, 0.15) is 22.5 Å². The smallest absolute Gasteiger partial charge is 0.168 e. The van der Waals surface area contributed by atoms with Crippen molar-refractivity contribution in [3.05, 3.63) is 77.3 Å². The highest BCUT2D eigenvalue weighted by Crippen LogP contribution is 2.29. The minimum absolute atomic E-state index is 0.251. The van der Waals surface area contributed by atoms with E-state index in [1.165, 1.54) is 6.07 Å². The SMILES string of the molecule is COc1cccc(F)c1CCc1ccc(-c2ccnc(C)c2C)c2nncn12. The number of rotatable bonds is 5. The topological polar surface area (TPSA) is 52.3 Å². The third kappa shape index (κ3) is 3.11. The van der Waals surface area contributed by atoms with E-state index in [4.69, 9.17) is 4.74 Å². The van der Waals surface area contributed by atoms with E-state index in [1.54, 1.807) is 25.6 Å². The van der Waals surface area contributed by atoms with Crippen LogP contribution >= 0.6 is 0 Å². The lowest BCUT2D eigenvalue weighted by Crippen LogP contribution is -2.03. The molecular formula is C22H21FN4O. The number of benzene rings is 1. The number of hydrogen-bond acceptors (Lipinski definition) is 4. The largest absolute Gasteiger partial charge is 0.496 e. The summed E-state index contributed by atoms with van der Waals surface area (Å²) in [5.41, 5.74) is 6.59. The van der Waals surface area contributed by atoms with E-state index < -0.39 is 0 Å². The van der Waals surface area contributed by atoms with Crippen molar-refractivity contribution in [2.75, 3.05) is 7.11 Å². The number of ether oxygens (including phenoxy) is 1. The van der Waals surface area contributed by atoms with Gasteiger partial charge in [-0.3, -0.25) is 9.38 Å². The Kier molecular flexibility index (Phi) is 4.77. The summed E-state index contributed by atoms with van der Waals surface area (Å²) in [6.07, 6.45) is 4.68. The molecule has 0 radical (unpaired) electrons. The summed E-state index contributed by atoms with van der Waals surface area (Å²) in [7, 11) is 1.56. The van der Waals surface area contributed by atoms with Crippen molar-refractivity contribution >= 4 is 5.65 Å². The minimum Gasteiger partial charge on any atom is -0.496 e. The van der Waals surface area contributed by atoms with E-state index in [1.807, 2.05) is 29.7 Å². The van der Waals surface area contributed by atoms with Gasteiger partial charge >= 0.3 is 0 Å². The van der Waals surface area contributed by atoms with Crippen molar-refractivity contribution in [3.63, 3.8) is 0 Å². The summed E-state index contributed by atoms with van der Waals surface area (Å²) >= 11 is 0. The Morgan fingerprint density at radius 2 is 1.89 bits per heavy atom. The van der Waals surface area contributed by atoms with Gasteiger partial charge in [0, 0.05) is 28.7 Å². The highest BCUT2D eigenvalue weighted by Gasteiger charge is 2.14. The molecule has 0 amide bonds. The molecular weight excluding hydrogens is 355 g/mol. The van der Waals surface area contributed by atoms with Crippen LogP contribution in [0.2, 0.25) is 0 Å². The number of aryl methyl sites for hydroxylation is 2. The zero-order valence-electron chi connectivity index (χ0n) is 16.1. The molecule has 0 saturated carbocycles. The molecule has 0 saturated heterocycles. The maximum atomic E-state index is 14.2. The molecule has 0 aliphatic carbocycles. The van der Waals surface area contributed by atoms with E-state index in [9.17, 15) is 4.39 Å². The number of halogens is 1. The fraction of sp³-hybridized carbons (Fsp3) is 0.227. The van der Waals surface area contributed by atoms with Crippen molar-refractivity contribution in [3.8, 4) is 16.9 Å². The predicted molar refractivity (Wildman–Crippen MR) is 106 cm³/mol. The van der Waals surface area contributed by atoms with Crippen molar-refractivity contribution in [1.29, 1.82) is 0 Å². The summed E-state index contributed by atoms with van der Waals surface area (Å²) in [4.78, 5) is 4.35. The Hall–Kier alpha value is -3.28. The first-order valence-corrected chi connectivity index (χ1v) is 9.15. The van der Waals surface area contributed by atoms with Crippen LogP contribution in [0.5, 0.6) is 5.75 Å². The van der Waals surface area contributed by atoms with Gasteiger partial charge in [-0.05, 0) is 68.1 Å². The second-order valence-electron chi connectivity index (χ2n) is 6.75. The van der Waals surface area contributed by atoms with Crippen LogP contribution in [0, 0.1) is 19.7 Å². The lowest BCUT2D eigenvalue weighted by atomic mass is 10.00. The molecule has 4 aromatic rings. The molecule has 0 N–H and O–H groups in total. The van der Waals surface area contributed by atoms with E-state index in [0.717, 1.165) is 33.7 Å². The Morgan fingerprint density at radius 1 is 1.04 bits per heavy atom. The van der Waals surface area contributed by atoms with Crippen molar-refractivity contribution < 1.29 is 9.13 Å². The molecule has 6 heteroatoms. The summed E-state index contributed by atoms with van der Waals surface area (Å²) < 4.78 is 21.5. The molecule has 28 heavy (non-hydrogen) atoms. The van der Waals surface area contributed by atoms with Gasteiger partial charge in [0.15, 0.2) is 5.65 Å². The predicted octanol–water partition coefficient (Wildman–Crippen LogP) is 4.34. The molecule has 0 spiro atoms. The Bertz CT molecular complexity index is 1150. The van der Waals surface area contributed by atoms with E-state index in [0.29, 0.717) is 24.2 Å². The lowest BCUT2D eigenvalue weighted by molar-refractivity contribution is 0.404. The Balaban J connectivity index is 1.72. The van der Waals surface area contributed by atoms with Gasteiger partial charge in [-0.2, -0.15) is 0 Å². The second-order valence-corrected chi connectivity index (χ2v) is 6.75. The van der Waals surface area contributed by atoms with Crippen molar-refractivity contribution in [2.45, 2.75) is 26.7 Å². The molecule has 5 nitrogen and oxygen atoms in total. The average Bonchev–Trinajstić information content (AvgIpc) is 3.19. The van der Waals surface area contributed by atoms with Gasteiger partial charge in [0.1, 0.15) is 17.9 Å². The summed E-state index contributed by atoms with van der Waals surface area (Å²) in [5, 5.41) is 8.43. The lowest BCUT2D eigenvalue weighted by Gasteiger charge is -2.13. The number of fused-ring (bicyclic) bond motifs is 1. The third-order valence-corrected chi connectivity index (χ3v) is 5.21. The van der Waals surface area contributed by atoms with Crippen LogP contribution in [0.4, 0.5) is 4.39 Å². The number of nitrogens with zero attached hydrogens (tertiary/aromatic N) is 4. The molecule has 1 aromatic carbocycles. The fourth-order valence-corrected chi connectivity index (χ4v) is 3.54. The standard InChI is InChI=1S/C22H21FN4O/c1-14-15(2)24-12-11-17(14)18-9-7-16(27-13-25-26-22(18)27)8-10-19-20(23)5-4-6-21(19)28-3/h4-7,9,11-13H,8,10H2,1-3H3. The van der Waals surface area contributed by atoms with Crippen LogP contribution in [0.15, 0.2) is 48.9 Å². The van der Waals surface area contributed by atoms with Gasteiger partial charge in [0.25, 0.3) is 0 Å². The normalized spacial score (nSPS) is 11.1. The molecule has 0 unspecified atom stereocenters. The quantitative estimate of drug-likeness (QED) is 0.520. The molecule has 0 aliphatic heterocycles.